The van der Waals surface area contributed by atoms with Crippen molar-refractivity contribution < 1.29 is 19.9 Å². The molecule has 2 fully saturated rings. The van der Waals surface area contributed by atoms with Crippen LogP contribution in [0.4, 0.5) is 0 Å². The van der Waals surface area contributed by atoms with Gasteiger partial charge in [0, 0.05) is 18.0 Å². The molecule has 4 atom stereocenters. The van der Waals surface area contributed by atoms with Crippen LogP contribution in [-0.4, -0.2) is 45.9 Å². The maximum Gasteiger partial charge on any atom is 0.451 e. The van der Waals surface area contributed by atoms with E-state index in [0.29, 0.717) is 12.8 Å². The summed E-state index contributed by atoms with van der Waals surface area (Å²) < 4.78 is 0. The third-order valence-corrected chi connectivity index (χ3v) is 4.21. The molecule has 0 aromatic heterocycles. The third-order valence-electron chi connectivity index (χ3n) is 4.21. The fourth-order valence-electron chi connectivity index (χ4n) is 3.32. The second kappa shape index (κ2) is 4.57. The molecule has 2 aliphatic heterocycles. The van der Waals surface area contributed by atoms with E-state index in [1.165, 1.54) is 0 Å². The van der Waals surface area contributed by atoms with Gasteiger partial charge in [-0.3, -0.25) is 4.79 Å². The molecular weight excluding hydrogens is 223 g/mol. The van der Waals surface area contributed by atoms with Crippen molar-refractivity contribution in [3.05, 3.63) is 0 Å². The molecule has 2 saturated heterocycles. The standard InChI is InChI=1S/C10H19BN2O4/c12-10(9(14)15)6(2-1-5-11(16)17)7-3-4-8(10)13-7/h6-8,13,16-17H,1-5,12H2,(H,14,15)/t6-,7+,8?,10?/m0/s1. The summed E-state index contributed by atoms with van der Waals surface area (Å²) in [4.78, 5) is 11.4. The predicted octanol–water partition coefficient (Wildman–Crippen LogP) is -1.23. The number of aliphatic carboxylic acids is 1. The molecule has 7 heteroatoms. The van der Waals surface area contributed by atoms with E-state index < -0.39 is 18.6 Å². The van der Waals surface area contributed by atoms with E-state index >= 15 is 0 Å². The van der Waals surface area contributed by atoms with E-state index in [2.05, 4.69) is 5.32 Å². The van der Waals surface area contributed by atoms with Crippen LogP contribution in [-0.2, 0) is 4.79 Å². The maximum atomic E-state index is 11.4. The van der Waals surface area contributed by atoms with E-state index in [0.717, 1.165) is 12.8 Å². The Kier molecular flexibility index (Phi) is 3.44. The van der Waals surface area contributed by atoms with Gasteiger partial charge in [0.05, 0.1) is 0 Å². The summed E-state index contributed by atoms with van der Waals surface area (Å²) >= 11 is 0. The second-order valence-corrected chi connectivity index (χ2v) is 5.16. The molecule has 0 saturated carbocycles. The van der Waals surface area contributed by atoms with Gasteiger partial charge in [-0.05, 0) is 25.6 Å². The van der Waals surface area contributed by atoms with E-state index in [4.69, 9.17) is 15.8 Å². The van der Waals surface area contributed by atoms with Gasteiger partial charge in [0.15, 0.2) is 0 Å². The Morgan fingerprint density at radius 3 is 2.76 bits per heavy atom. The molecule has 17 heavy (non-hydrogen) atoms. The van der Waals surface area contributed by atoms with Crippen molar-refractivity contribution in [2.45, 2.75) is 49.6 Å². The lowest BCUT2D eigenvalue weighted by Crippen LogP contribution is -2.61. The zero-order valence-electron chi connectivity index (χ0n) is 9.67. The summed E-state index contributed by atoms with van der Waals surface area (Å²) in [5.41, 5.74) is 4.87. The van der Waals surface area contributed by atoms with Gasteiger partial charge >= 0.3 is 13.1 Å². The molecule has 0 radical (unpaired) electrons. The highest BCUT2D eigenvalue weighted by molar-refractivity contribution is 6.40. The Morgan fingerprint density at radius 2 is 2.18 bits per heavy atom. The van der Waals surface area contributed by atoms with E-state index in [-0.39, 0.29) is 24.3 Å². The van der Waals surface area contributed by atoms with Crippen molar-refractivity contribution in [2.75, 3.05) is 0 Å². The fourth-order valence-corrected chi connectivity index (χ4v) is 3.32. The van der Waals surface area contributed by atoms with Gasteiger partial charge in [-0.1, -0.05) is 6.42 Å². The number of carboxylic acids is 1. The number of nitrogens with one attached hydrogen (secondary N) is 1. The van der Waals surface area contributed by atoms with Gasteiger partial charge in [-0.2, -0.15) is 0 Å². The lowest BCUT2D eigenvalue weighted by Gasteiger charge is -2.35. The highest BCUT2D eigenvalue weighted by Crippen LogP contribution is 2.42. The fraction of sp³-hybridized carbons (Fsp3) is 0.900. The molecule has 0 spiro atoms. The van der Waals surface area contributed by atoms with Gasteiger partial charge in [0.2, 0.25) is 0 Å². The van der Waals surface area contributed by atoms with Crippen molar-refractivity contribution in [1.29, 1.82) is 0 Å². The van der Waals surface area contributed by atoms with Crippen molar-refractivity contribution in [2.24, 2.45) is 11.7 Å². The number of fused-ring (bicyclic) bond motifs is 2. The molecule has 6 nitrogen and oxygen atoms in total. The summed E-state index contributed by atoms with van der Waals surface area (Å²) in [6, 6.07) is 0.0194. The Morgan fingerprint density at radius 1 is 1.47 bits per heavy atom. The van der Waals surface area contributed by atoms with Crippen molar-refractivity contribution in [3.63, 3.8) is 0 Å². The maximum absolute atomic E-state index is 11.4. The number of hydrogen-bond donors (Lipinski definition) is 5. The average Bonchev–Trinajstić information content (AvgIpc) is 2.80. The molecule has 0 amide bonds. The Bertz CT molecular complexity index is 315. The van der Waals surface area contributed by atoms with Crippen LogP contribution >= 0.6 is 0 Å². The van der Waals surface area contributed by atoms with Gasteiger partial charge in [0.1, 0.15) is 5.54 Å². The minimum absolute atomic E-state index is 0.113. The predicted molar refractivity (Wildman–Crippen MR) is 62.2 cm³/mol. The summed E-state index contributed by atoms with van der Waals surface area (Å²) in [7, 11) is -1.32. The summed E-state index contributed by atoms with van der Waals surface area (Å²) in [5.74, 6) is -1.07. The van der Waals surface area contributed by atoms with Crippen LogP contribution in [0.15, 0.2) is 0 Å². The molecule has 0 aromatic rings. The van der Waals surface area contributed by atoms with Gasteiger partial charge in [-0.15, -0.1) is 0 Å². The lowest BCUT2D eigenvalue weighted by molar-refractivity contribution is -0.146. The first-order valence-electron chi connectivity index (χ1n) is 6.10. The van der Waals surface area contributed by atoms with Crippen molar-refractivity contribution >= 4 is 13.1 Å². The van der Waals surface area contributed by atoms with Crippen molar-refractivity contribution in [1.82, 2.24) is 5.32 Å². The minimum Gasteiger partial charge on any atom is -0.480 e. The topological polar surface area (TPSA) is 116 Å². The molecule has 2 bridgehead atoms. The molecular formula is C10H19BN2O4. The first-order chi connectivity index (χ1) is 7.96. The quantitative estimate of drug-likeness (QED) is 0.385. The van der Waals surface area contributed by atoms with Crippen LogP contribution in [0.3, 0.4) is 0 Å². The minimum atomic E-state index is -1.32. The molecule has 96 valence electrons. The molecule has 2 aliphatic rings. The summed E-state index contributed by atoms with van der Waals surface area (Å²) in [6.45, 7) is 0. The Hall–Kier alpha value is -0.625. The molecule has 0 aromatic carbocycles. The van der Waals surface area contributed by atoms with Gasteiger partial charge in [0.25, 0.3) is 0 Å². The Labute approximate surface area is 100 Å². The van der Waals surface area contributed by atoms with Crippen LogP contribution in [0.2, 0.25) is 6.32 Å². The number of carbonyl (C=O) groups is 1. The van der Waals surface area contributed by atoms with Crippen LogP contribution in [0.5, 0.6) is 0 Å². The molecule has 6 N–H and O–H groups in total. The smallest absolute Gasteiger partial charge is 0.451 e. The van der Waals surface area contributed by atoms with Crippen LogP contribution < -0.4 is 11.1 Å². The highest BCUT2D eigenvalue weighted by Gasteiger charge is 2.60. The highest BCUT2D eigenvalue weighted by atomic mass is 16.4. The summed E-state index contributed by atoms with van der Waals surface area (Å²) in [6.07, 6.45) is 3.24. The van der Waals surface area contributed by atoms with Gasteiger partial charge < -0.3 is 26.2 Å². The third kappa shape index (κ3) is 2.08. The zero-order valence-corrected chi connectivity index (χ0v) is 9.67. The van der Waals surface area contributed by atoms with E-state index in [1.807, 2.05) is 0 Å². The molecule has 2 unspecified atom stereocenters. The number of carboxylic acid groups (broad SMARTS) is 1. The second-order valence-electron chi connectivity index (χ2n) is 5.16. The number of rotatable bonds is 5. The SMILES string of the molecule is NC1(C(=O)O)C2CC[C@@H](N2)[C@@H]1CCCB(O)O. The van der Waals surface area contributed by atoms with Gasteiger partial charge in [-0.25, -0.2) is 0 Å². The average molecular weight is 242 g/mol. The summed E-state index contributed by atoms with van der Waals surface area (Å²) in [5, 5.41) is 30.1. The molecule has 2 rings (SSSR count). The normalized spacial score (nSPS) is 39.6. The first-order valence-corrected chi connectivity index (χ1v) is 6.10. The Balaban J connectivity index is 2.01. The number of hydrogen-bond acceptors (Lipinski definition) is 5. The lowest BCUT2D eigenvalue weighted by atomic mass is 9.70. The molecule has 2 heterocycles. The first kappa shape index (κ1) is 12.8. The van der Waals surface area contributed by atoms with Crippen LogP contribution in [0, 0.1) is 5.92 Å². The van der Waals surface area contributed by atoms with Crippen LogP contribution in [0.25, 0.3) is 0 Å². The molecule has 0 aliphatic carbocycles. The number of nitrogens with two attached hydrogens (primary N) is 1. The largest absolute Gasteiger partial charge is 0.480 e. The van der Waals surface area contributed by atoms with E-state index in [9.17, 15) is 9.90 Å². The monoisotopic (exact) mass is 242 g/mol. The van der Waals surface area contributed by atoms with Crippen LogP contribution in [0.1, 0.15) is 25.7 Å². The zero-order chi connectivity index (χ0) is 12.6. The van der Waals surface area contributed by atoms with Crippen molar-refractivity contribution in [3.8, 4) is 0 Å². The van der Waals surface area contributed by atoms with E-state index in [1.54, 1.807) is 0 Å².